The number of thiocarbonyl (C=S) groups is 1. The largest absolute Gasteiger partial charge is 0.478 e. The van der Waals surface area contributed by atoms with Gasteiger partial charge >= 0.3 is 5.97 Å². The van der Waals surface area contributed by atoms with Gasteiger partial charge in [-0.2, -0.15) is 0 Å². The first kappa shape index (κ1) is 24.2. The molecule has 0 bridgehead atoms. The number of aromatic carboxylic acids is 1. The quantitative estimate of drug-likeness (QED) is 0.298. The van der Waals surface area contributed by atoms with E-state index in [9.17, 15) is 14.7 Å². The highest BCUT2D eigenvalue weighted by atomic mass is 32.1. The van der Waals surface area contributed by atoms with Crippen LogP contribution in [0.25, 0.3) is 11.3 Å². The molecule has 2 aromatic heterocycles. The number of benzene rings is 2. The third-order valence-corrected chi connectivity index (χ3v) is 6.58. The van der Waals surface area contributed by atoms with Gasteiger partial charge in [0.25, 0.3) is 0 Å². The van der Waals surface area contributed by atoms with Crippen molar-refractivity contribution in [3.8, 4) is 11.3 Å². The van der Waals surface area contributed by atoms with E-state index in [0.29, 0.717) is 22.3 Å². The van der Waals surface area contributed by atoms with Crippen LogP contribution in [-0.2, 0) is 4.79 Å². The molecule has 3 N–H and O–H groups in total. The van der Waals surface area contributed by atoms with E-state index >= 15 is 0 Å². The van der Waals surface area contributed by atoms with E-state index in [-0.39, 0.29) is 24.1 Å². The Morgan fingerprint density at radius 1 is 1.08 bits per heavy atom. The molecule has 1 saturated heterocycles. The zero-order valence-electron chi connectivity index (χ0n) is 19.9. The number of para-hydroxylation sites is 1. The number of nitrogens with zero attached hydrogens (tertiary/aromatic N) is 2. The molecule has 0 unspecified atom stereocenters. The summed E-state index contributed by atoms with van der Waals surface area (Å²) in [6.45, 7) is 1.85. The van der Waals surface area contributed by atoms with Gasteiger partial charge in [0.05, 0.1) is 17.3 Å². The maximum atomic E-state index is 13.0. The zero-order chi connectivity index (χ0) is 25.9. The van der Waals surface area contributed by atoms with Crippen molar-refractivity contribution in [1.82, 2.24) is 15.2 Å². The molecular weight excluding hydrogens is 488 g/mol. The van der Waals surface area contributed by atoms with Crippen LogP contribution in [0.2, 0.25) is 0 Å². The molecule has 37 heavy (non-hydrogen) atoms. The lowest BCUT2D eigenvalue weighted by Gasteiger charge is -2.25. The number of carboxylic acid groups (broad SMARTS) is 1. The van der Waals surface area contributed by atoms with Crippen molar-refractivity contribution in [1.29, 1.82) is 0 Å². The Bertz CT molecular complexity index is 1460. The van der Waals surface area contributed by atoms with Crippen LogP contribution >= 0.6 is 12.2 Å². The molecule has 0 spiro atoms. The number of carbonyl (C=O) groups is 2. The molecule has 3 heterocycles. The number of anilines is 1. The number of pyridine rings is 1. The van der Waals surface area contributed by atoms with E-state index in [0.717, 1.165) is 16.8 Å². The van der Waals surface area contributed by atoms with Gasteiger partial charge in [0, 0.05) is 17.4 Å². The van der Waals surface area contributed by atoms with Crippen molar-refractivity contribution in [3.63, 3.8) is 0 Å². The van der Waals surface area contributed by atoms with E-state index < -0.39 is 12.0 Å². The Labute approximate surface area is 219 Å². The molecule has 0 aliphatic carbocycles. The second-order valence-electron chi connectivity index (χ2n) is 8.71. The van der Waals surface area contributed by atoms with Crippen LogP contribution in [0.1, 0.15) is 39.5 Å². The number of hydrogen-bond acceptors (Lipinski definition) is 5. The lowest BCUT2D eigenvalue weighted by atomic mass is 10.0. The lowest BCUT2D eigenvalue weighted by Crippen LogP contribution is -2.36. The van der Waals surface area contributed by atoms with Crippen LogP contribution in [0.3, 0.4) is 0 Å². The highest BCUT2D eigenvalue weighted by Crippen LogP contribution is 2.40. The molecule has 8 nitrogen and oxygen atoms in total. The van der Waals surface area contributed by atoms with Crippen molar-refractivity contribution < 1.29 is 19.1 Å². The van der Waals surface area contributed by atoms with Crippen LogP contribution in [0.5, 0.6) is 0 Å². The molecule has 4 aromatic rings. The molecular formula is C28H24N4O4S. The third kappa shape index (κ3) is 5.07. The summed E-state index contributed by atoms with van der Waals surface area (Å²) in [5.41, 5.74) is 3.24. The minimum absolute atomic E-state index is 0.0110. The SMILES string of the molecule is Cc1cc(C(=O)O)ccc1-c1ccc([C@@H]2[C@H](c3ccccn3)NC(=S)N2CC(=O)Nc2ccccc2)o1. The molecule has 2 atom stereocenters. The van der Waals surface area contributed by atoms with E-state index in [1.807, 2.05) is 67.6 Å². The molecule has 1 aliphatic heterocycles. The summed E-state index contributed by atoms with van der Waals surface area (Å²) in [5, 5.41) is 15.9. The van der Waals surface area contributed by atoms with Gasteiger partial charge in [-0.3, -0.25) is 9.78 Å². The van der Waals surface area contributed by atoms with Gasteiger partial charge in [0.15, 0.2) is 5.11 Å². The summed E-state index contributed by atoms with van der Waals surface area (Å²) in [6, 6.07) is 22.7. The fourth-order valence-corrected chi connectivity index (χ4v) is 4.80. The summed E-state index contributed by atoms with van der Waals surface area (Å²) in [5.74, 6) is -0.000190. The maximum Gasteiger partial charge on any atom is 0.335 e. The molecule has 1 aliphatic rings. The molecule has 1 fully saturated rings. The third-order valence-electron chi connectivity index (χ3n) is 6.23. The van der Waals surface area contributed by atoms with Crippen molar-refractivity contribution in [2.45, 2.75) is 19.0 Å². The monoisotopic (exact) mass is 512 g/mol. The Kier molecular flexibility index (Phi) is 6.70. The van der Waals surface area contributed by atoms with Gasteiger partial charge in [0.1, 0.15) is 24.1 Å². The topological polar surface area (TPSA) is 108 Å². The van der Waals surface area contributed by atoms with Crippen LogP contribution in [-0.4, -0.2) is 38.5 Å². The number of carbonyl (C=O) groups excluding carboxylic acids is 1. The van der Waals surface area contributed by atoms with E-state index in [1.165, 1.54) is 0 Å². The molecule has 9 heteroatoms. The number of nitrogens with one attached hydrogen (secondary N) is 2. The Hall–Kier alpha value is -4.50. The number of amides is 1. The zero-order valence-corrected chi connectivity index (χ0v) is 20.7. The van der Waals surface area contributed by atoms with Crippen molar-refractivity contribution >= 4 is 34.9 Å². The molecule has 186 valence electrons. The van der Waals surface area contributed by atoms with Crippen molar-refractivity contribution in [3.05, 3.63) is 108 Å². The number of hydrogen-bond donors (Lipinski definition) is 3. The van der Waals surface area contributed by atoms with E-state index in [4.69, 9.17) is 16.6 Å². The van der Waals surface area contributed by atoms with Gasteiger partial charge in [-0.15, -0.1) is 0 Å². The second kappa shape index (κ2) is 10.2. The molecule has 0 saturated carbocycles. The van der Waals surface area contributed by atoms with Gasteiger partial charge < -0.3 is 25.1 Å². The van der Waals surface area contributed by atoms with Crippen LogP contribution in [0.4, 0.5) is 5.69 Å². The average Bonchev–Trinajstić information content (AvgIpc) is 3.49. The predicted octanol–water partition coefficient (Wildman–Crippen LogP) is 4.96. The van der Waals surface area contributed by atoms with Crippen LogP contribution in [0.15, 0.2) is 89.5 Å². The number of aromatic nitrogens is 1. The number of furan rings is 1. The summed E-state index contributed by atoms with van der Waals surface area (Å²) in [4.78, 5) is 30.6. The minimum Gasteiger partial charge on any atom is -0.478 e. The van der Waals surface area contributed by atoms with Gasteiger partial charge in [0.2, 0.25) is 5.91 Å². The Morgan fingerprint density at radius 2 is 1.86 bits per heavy atom. The number of rotatable bonds is 7. The normalized spacial score (nSPS) is 16.9. The van der Waals surface area contributed by atoms with E-state index in [2.05, 4.69) is 15.6 Å². The van der Waals surface area contributed by atoms with Crippen LogP contribution < -0.4 is 10.6 Å². The first-order chi connectivity index (χ1) is 17.9. The fraction of sp³-hybridized carbons (Fsp3) is 0.143. The Balaban J connectivity index is 1.47. The standard InChI is InChI=1S/C28H24N4O4S/c1-17-15-18(27(34)35)10-11-20(17)22-12-13-23(36-22)26-25(21-9-5-6-14-29-21)31-28(37)32(26)16-24(33)30-19-7-3-2-4-8-19/h2-15,25-26H,16H2,1H3,(H,30,33)(H,31,37)(H,34,35)/t25-,26+/m0/s1. The maximum absolute atomic E-state index is 13.0. The molecule has 0 radical (unpaired) electrons. The van der Waals surface area contributed by atoms with Crippen molar-refractivity contribution in [2.75, 3.05) is 11.9 Å². The molecule has 1 amide bonds. The lowest BCUT2D eigenvalue weighted by molar-refractivity contribution is -0.116. The fourth-order valence-electron chi connectivity index (χ4n) is 4.49. The molecule has 2 aromatic carbocycles. The number of aryl methyl sites for hydroxylation is 1. The predicted molar refractivity (Wildman–Crippen MR) is 143 cm³/mol. The Morgan fingerprint density at radius 3 is 2.57 bits per heavy atom. The van der Waals surface area contributed by atoms with Gasteiger partial charge in [-0.05, 0) is 73.2 Å². The van der Waals surface area contributed by atoms with Gasteiger partial charge in [-0.1, -0.05) is 30.3 Å². The molecule has 5 rings (SSSR count). The van der Waals surface area contributed by atoms with Gasteiger partial charge in [-0.25, -0.2) is 4.79 Å². The summed E-state index contributed by atoms with van der Waals surface area (Å²) in [7, 11) is 0. The van der Waals surface area contributed by atoms with E-state index in [1.54, 1.807) is 29.3 Å². The smallest absolute Gasteiger partial charge is 0.335 e. The summed E-state index contributed by atoms with van der Waals surface area (Å²) >= 11 is 5.65. The first-order valence-corrected chi connectivity index (χ1v) is 12.1. The highest BCUT2D eigenvalue weighted by molar-refractivity contribution is 7.80. The summed E-state index contributed by atoms with van der Waals surface area (Å²) in [6.07, 6.45) is 1.71. The number of carboxylic acids is 1. The van der Waals surface area contributed by atoms with Crippen molar-refractivity contribution in [2.24, 2.45) is 0 Å². The second-order valence-corrected chi connectivity index (χ2v) is 9.09. The van der Waals surface area contributed by atoms with Crippen LogP contribution in [0, 0.1) is 6.92 Å². The first-order valence-electron chi connectivity index (χ1n) is 11.7. The summed E-state index contributed by atoms with van der Waals surface area (Å²) < 4.78 is 6.32. The minimum atomic E-state index is -0.983. The average molecular weight is 513 g/mol. The highest BCUT2D eigenvalue weighted by Gasteiger charge is 2.42.